The van der Waals surface area contributed by atoms with E-state index in [2.05, 4.69) is 13.8 Å². The van der Waals surface area contributed by atoms with Crippen molar-refractivity contribution in [3.63, 3.8) is 0 Å². The molecule has 0 aliphatic carbocycles. The van der Waals surface area contributed by atoms with E-state index in [1.807, 2.05) is 0 Å². The lowest BCUT2D eigenvalue weighted by atomic mass is 9.81. The van der Waals surface area contributed by atoms with Crippen molar-refractivity contribution >= 4 is 17.9 Å². The lowest BCUT2D eigenvalue weighted by molar-refractivity contribution is -0.179. The van der Waals surface area contributed by atoms with Gasteiger partial charge in [-0.15, -0.1) is 0 Å². The molecule has 2 unspecified atom stereocenters. The zero-order chi connectivity index (χ0) is 23.7. The largest absolute Gasteiger partial charge is 0.481 e. The standard InChI is InChI=1S/C24H44O7/c1-19(2)16-14-12-10-8-6-4-3-5-7-9-11-13-15-17-20(22(27)28)24(31,23(29)30)18-21(25)26/h19-20,31H,3-18H2,1-2H3,(H,25,26)(H,27,28)(H,29,30). The fraction of sp³-hybridized carbons (Fsp3) is 0.875. The minimum atomic E-state index is -2.79. The summed E-state index contributed by atoms with van der Waals surface area (Å²) in [4.78, 5) is 33.6. The van der Waals surface area contributed by atoms with Gasteiger partial charge in [0.2, 0.25) is 0 Å². The van der Waals surface area contributed by atoms with Crippen LogP contribution in [0.1, 0.15) is 117 Å². The first-order chi connectivity index (χ1) is 14.6. The van der Waals surface area contributed by atoms with Gasteiger partial charge in [-0.1, -0.05) is 104 Å². The summed E-state index contributed by atoms with van der Waals surface area (Å²) in [5.74, 6) is -5.65. The van der Waals surface area contributed by atoms with Gasteiger partial charge in [-0.3, -0.25) is 9.59 Å². The number of hydrogen-bond donors (Lipinski definition) is 4. The van der Waals surface area contributed by atoms with Crippen molar-refractivity contribution in [3.8, 4) is 0 Å². The summed E-state index contributed by atoms with van der Waals surface area (Å²) in [5.41, 5.74) is -2.79. The SMILES string of the molecule is CC(C)CCCCCCCCCCCCCCCC(C(=O)O)C(O)(CC(=O)O)C(=O)O. The maximum absolute atomic E-state index is 11.4. The molecule has 0 saturated carbocycles. The summed E-state index contributed by atoms with van der Waals surface area (Å²) in [6.45, 7) is 4.54. The molecule has 0 spiro atoms. The number of unbranched alkanes of at least 4 members (excludes halogenated alkanes) is 12. The van der Waals surface area contributed by atoms with Crippen LogP contribution in [0.5, 0.6) is 0 Å². The molecule has 0 aliphatic rings. The van der Waals surface area contributed by atoms with Crippen LogP contribution in [0.3, 0.4) is 0 Å². The van der Waals surface area contributed by atoms with Gasteiger partial charge in [0.25, 0.3) is 0 Å². The second kappa shape index (κ2) is 17.0. The number of carboxylic acid groups (broad SMARTS) is 3. The number of carbonyl (C=O) groups is 3. The molecule has 0 rings (SSSR count). The summed E-state index contributed by atoms with van der Waals surface area (Å²) >= 11 is 0. The van der Waals surface area contributed by atoms with Crippen molar-refractivity contribution in [1.29, 1.82) is 0 Å². The third kappa shape index (κ3) is 14.1. The van der Waals surface area contributed by atoms with Crippen molar-refractivity contribution in [2.45, 2.75) is 122 Å². The Hall–Kier alpha value is -1.63. The molecule has 0 aromatic heterocycles. The quantitative estimate of drug-likeness (QED) is 0.172. The molecule has 2 atom stereocenters. The summed E-state index contributed by atoms with van der Waals surface area (Å²) in [7, 11) is 0. The minimum absolute atomic E-state index is 0.0530. The Kier molecular flexibility index (Phi) is 16.1. The molecule has 0 radical (unpaired) electrons. The first-order valence-electron chi connectivity index (χ1n) is 12.0. The monoisotopic (exact) mass is 444 g/mol. The smallest absolute Gasteiger partial charge is 0.337 e. The Bertz CT molecular complexity index is 518. The molecular weight excluding hydrogens is 400 g/mol. The molecular formula is C24H44O7. The third-order valence-electron chi connectivity index (χ3n) is 5.94. The molecule has 7 nitrogen and oxygen atoms in total. The summed E-state index contributed by atoms with van der Waals surface area (Å²) in [6, 6.07) is 0. The van der Waals surface area contributed by atoms with Crippen molar-refractivity contribution < 1.29 is 34.8 Å². The highest BCUT2D eigenvalue weighted by atomic mass is 16.4. The summed E-state index contributed by atoms with van der Waals surface area (Å²) in [5, 5.41) is 37.4. The fourth-order valence-electron chi connectivity index (χ4n) is 3.99. The van der Waals surface area contributed by atoms with E-state index in [0.29, 0.717) is 6.42 Å². The second-order valence-electron chi connectivity index (χ2n) is 9.26. The average molecular weight is 445 g/mol. The normalized spacial score (nSPS) is 14.3. The van der Waals surface area contributed by atoms with Crippen molar-refractivity contribution in [2.75, 3.05) is 0 Å². The number of aliphatic hydroxyl groups is 1. The maximum Gasteiger partial charge on any atom is 0.337 e. The van der Waals surface area contributed by atoms with Crippen LogP contribution in [-0.4, -0.2) is 43.9 Å². The van der Waals surface area contributed by atoms with Crippen molar-refractivity contribution in [3.05, 3.63) is 0 Å². The average Bonchev–Trinajstić information content (AvgIpc) is 2.66. The van der Waals surface area contributed by atoms with E-state index < -0.39 is 35.8 Å². The molecule has 0 fully saturated rings. The van der Waals surface area contributed by atoms with Gasteiger partial charge in [0.1, 0.15) is 0 Å². The van der Waals surface area contributed by atoms with E-state index in [9.17, 15) is 24.6 Å². The molecule has 0 bridgehead atoms. The van der Waals surface area contributed by atoms with Gasteiger partial charge < -0.3 is 20.4 Å². The van der Waals surface area contributed by atoms with Crippen LogP contribution in [0.4, 0.5) is 0 Å². The molecule has 0 saturated heterocycles. The van der Waals surface area contributed by atoms with Gasteiger partial charge in [-0.2, -0.15) is 0 Å². The topological polar surface area (TPSA) is 132 Å². The summed E-state index contributed by atoms with van der Waals surface area (Å²) < 4.78 is 0. The van der Waals surface area contributed by atoms with E-state index in [1.54, 1.807) is 0 Å². The van der Waals surface area contributed by atoms with Crippen molar-refractivity contribution in [1.82, 2.24) is 0 Å². The van der Waals surface area contributed by atoms with Gasteiger partial charge in [-0.25, -0.2) is 4.79 Å². The fourth-order valence-corrected chi connectivity index (χ4v) is 3.99. The van der Waals surface area contributed by atoms with E-state index in [-0.39, 0.29) is 6.42 Å². The molecule has 31 heavy (non-hydrogen) atoms. The lowest BCUT2D eigenvalue weighted by Gasteiger charge is -2.28. The van der Waals surface area contributed by atoms with Crippen molar-refractivity contribution in [2.24, 2.45) is 11.8 Å². The molecule has 0 aromatic carbocycles. The predicted molar refractivity (Wildman–Crippen MR) is 120 cm³/mol. The lowest BCUT2D eigenvalue weighted by Crippen LogP contribution is -2.50. The van der Waals surface area contributed by atoms with Crippen LogP contribution in [0.15, 0.2) is 0 Å². The van der Waals surface area contributed by atoms with E-state index in [0.717, 1.165) is 31.6 Å². The van der Waals surface area contributed by atoms with Crippen LogP contribution in [-0.2, 0) is 14.4 Å². The summed E-state index contributed by atoms with van der Waals surface area (Å²) in [6.07, 6.45) is 14.8. The maximum atomic E-state index is 11.4. The molecule has 0 aliphatic heterocycles. The Morgan fingerprint density at radius 2 is 1.00 bits per heavy atom. The van der Waals surface area contributed by atoms with Crippen LogP contribution in [0.2, 0.25) is 0 Å². The molecule has 0 amide bonds. The predicted octanol–water partition coefficient (Wildman–Crippen LogP) is 5.49. The highest BCUT2D eigenvalue weighted by Crippen LogP contribution is 2.28. The highest BCUT2D eigenvalue weighted by Gasteiger charge is 2.49. The van der Waals surface area contributed by atoms with Crippen LogP contribution in [0.25, 0.3) is 0 Å². The number of aliphatic carboxylic acids is 3. The van der Waals surface area contributed by atoms with E-state index >= 15 is 0 Å². The molecule has 0 heterocycles. The Labute approximate surface area is 187 Å². The molecule has 0 aromatic rings. The zero-order valence-corrected chi connectivity index (χ0v) is 19.5. The minimum Gasteiger partial charge on any atom is -0.481 e. The number of hydrogen-bond acceptors (Lipinski definition) is 4. The zero-order valence-electron chi connectivity index (χ0n) is 19.5. The number of carboxylic acids is 3. The molecule has 4 N–H and O–H groups in total. The Morgan fingerprint density at radius 3 is 1.29 bits per heavy atom. The molecule has 182 valence electrons. The Balaban J connectivity index is 3.83. The van der Waals surface area contributed by atoms with Gasteiger partial charge >= 0.3 is 17.9 Å². The number of rotatable bonds is 21. The van der Waals surface area contributed by atoms with E-state index in [4.69, 9.17) is 10.2 Å². The molecule has 7 heteroatoms. The Morgan fingerprint density at radius 1 is 0.645 bits per heavy atom. The van der Waals surface area contributed by atoms with Crippen LogP contribution >= 0.6 is 0 Å². The first kappa shape index (κ1) is 29.4. The van der Waals surface area contributed by atoms with Gasteiger partial charge in [0, 0.05) is 0 Å². The second-order valence-corrected chi connectivity index (χ2v) is 9.26. The van der Waals surface area contributed by atoms with Crippen LogP contribution < -0.4 is 0 Å². The highest BCUT2D eigenvalue weighted by molar-refractivity contribution is 5.89. The van der Waals surface area contributed by atoms with Crippen LogP contribution in [0, 0.1) is 11.8 Å². The first-order valence-corrected chi connectivity index (χ1v) is 12.0. The third-order valence-corrected chi connectivity index (χ3v) is 5.94. The van der Waals surface area contributed by atoms with Gasteiger partial charge in [0.15, 0.2) is 5.60 Å². The van der Waals surface area contributed by atoms with E-state index in [1.165, 1.54) is 57.8 Å². The van der Waals surface area contributed by atoms with Gasteiger partial charge in [0.05, 0.1) is 12.3 Å². The van der Waals surface area contributed by atoms with Gasteiger partial charge in [-0.05, 0) is 12.3 Å².